The van der Waals surface area contributed by atoms with E-state index in [1.54, 1.807) is 18.2 Å². The third-order valence-corrected chi connectivity index (χ3v) is 3.56. The van der Waals surface area contributed by atoms with Gasteiger partial charge < -0.3 is 0 Å². The van der Waals surface area contributed by atoms with Gasteiger partial charge in [-0.3, -0.25) is 14.9 Å². The topological polar surface area (TPSA) is 83.2 Å². The van der Waals surface area contributed by atoms with Crippen LogP contribution in [-0.2, 0) is 4.79 Å². The number of guanidine groups is 1. The number of amides is 2. The van der Waals surface area contributed by atoms with Gasteiger partial charge in [0.15, 0.2) is 5.84 Å². The fourth-order valence-corrected chi connectivity index (χ4v) is 2.43. The lowest BCUT2D eigenvalue weighted by Crippen LogP contribution is -2.37. The molecule has 2 heterocycles. The van der Waals surface area contributed by atoms with Crippen LogP contribution in [0.1, 0.15) is 10.4 Å². The minimum Gasteiger partial charge on any atom is -0.290 e. The number of rotatable bonds is 1. The highest BCUT2D eigenvalue weighted by molar-refractivity contribution is 6.34. The molecule has 2 aromatic rings. The minimum absolute atomic E-state index is 0.0423. The van der Waals surface area contributed by atoms with Crippen molar-refractivity contribution in [2.45, 2.75) is 0 Å². The van der Waals surface area contributed by atoms with Crippen molar-refractivity contribution in [3.8, 4) is 0 Å². The second kappa shape index (κ2) is 5.10. The number of fused-ring (bicyclic) bond motifs is 2. The Bertz CT molecular complexity index is 983. The van der Waals surface area contributed by atoms with E-state index in [0.29, 0.717) is 11.1 Å². The van der Waals surface area contributed by atoms with E-state index in [1.165, 1.54) is 6.21 Å². The van der Waals surface area contributed by atoms with Gasteiger partial charge in [0.2, 0.25) is 5.96 Å². The average molecular weight is 302 g/mol. The Morgan fingerprint density at radius 2 is 1.91 bits per heavy atom. The van der Waals surface area contributed by atoms with E-state index in [0.717, 1.165) is 10.8 Å². The number of hydrogen-bond acceptors (Lipinski definition) is 3. The van der Waals surface area contributed by atoms with Gasteiger partial charge in [-0.25, -0.2) is 4.99 Å². The van der Waals surface area contributed by atoms with Gasteiger partial charge in [-0.2, -0.15) is 9.98 Å². The lowest BCUT2D eigenvalue weighted by atomic mass is 10.1. The first-order valence-electron chi connectivity index (χ1n) is 6.97. The molecule has 0 unspecified atom stereocenters. The van der Waals surface area contributed by atoms with Crippen molar-refractivity contribution in [3.63, 3.8) is 0 Å². The van der Waals surface area contributed by atoms with Gasteiger partial charge in [0.25, 0.3) is 11.8 Å². The molecular formula is C17H10N4O2. The number of amidine groups is 1. The Labute approximate surface area is 131 Å². The first-order valence-corrected chi connectivity index (χ1v) is 6.97. The molecule has 23 heavy (non-hydrogen) atoms. The molecule has 6 heteroatoms. The zero-order valence-corrected chi connectivity index (χ0v) is 11.9. The molecule has 2 aliphatic heterocycles. The number of aliphatic imine (C=N–C) groups is 3. The van der Waals surface area contributed by atoms with Crippen LogP contribution in [-0.4, -0.2) is 29.8 Å². The summed E-state index contributed by atoms with van der Waals surface area (Å²) >= 11 is 0. The number of allylic oxidation sites excluding steroid dienone is 1. The summed E-state index contributed by atoms with van der Waals surface area (Å²) in [6, 6.07) is 13.0. The van der Waals surface area contributed by atoms with Crippen molar-refractivity contribution in [3.05, 3.63) is 59.7 Å². The third-order valence-electron chi connectivity index (χ3n) is 3.56. The molecule has 2 amide bonds. The van der Waals surface area contributed by atoms with Crippen LogP contribution in [0.3, 0.4) is 0 Å². The van der Waals surface area contributed by atoms with E-state index in [-0.39, 0.29) is 17.7 Å². The first kappa shape index (κ1) is 13.3. The summed E-state index contributed by atoms with van der Waals surface area (Å²) in [4.78, 5) is 36.1. The maximum Gasteiger partial charge on any atom is 0.280 e. The largest absolute Gasteiger partial charge is 0.290 e. The summed E-state index contributed by atoms with van der Waals surface area (Å²) in [6.45, 7) is 0. The second-order valence-electron chi connectivity index (χ2n) is 5.05. The molecule has 1 N–H and O–H groups in total. The van der Waals surface area contributed by atoms with Crippen molar-refractivity contribution >= 4 is 40.6 Å². The second-order valence-corrected chi connectivity index (χ2v) is 5.05. The molecule has 2 aliphatic rings. The van der Waals surface area contributed by atoms with Gasteiger partial charge in [-0.05, 0) is 29.0 Å². The van der Waals surface area contributed by atoms with E-state index in [2.05, 4.69) is 20.3 Å². The molecule has 0 aromatic heterocycles. The number of nitrogens with zero attached hydrogens (tertiary/aromatic N) is 3. The number of carbonyl (C=O) groups excluding carboxylic acids is 2. The highest BCUT2D eigenvalue weighted by Gasteiger charge is 2.25. The Morgan fingerprint density at radius 3 is 2.78 bits per heavy atom. The van der Waals surface area contributed by atoms with Crippen molar-refractivity contribution in [1.29, 1.82) is 0 Å². The van der Waals surface area contributed by atoms with Crippen LogP contribution in [0, 0.1) is 0 Å². The highest BCUT2D eigenvalue weighted by atomic mass is 16.2. The predicted octanol–water partition coefficient (Wildman–Crippen LogP) is 1.88. The van der Waals surface area contributed by atoms with Crippen molar-refractivity contribution in [1.82, 2.24) is 5.32 Å². The van der Waals surface area contributed by atoms with Crippen LogP contribution in [0.5, 0.6) is 0 Å². The SMILES string of the molecule is O=C1NC(=NC(=O)c2ccc3ccccc3c2)N=C2N=CC=C12. The predicted molar refractivity (Wildman–Crippen MR) is 87.9 cm³/mol. The van der Waals surface area contributed by atoms with E-state index in [1.807, 2.05) is 30.3 Å². The summed E-state index contributed by atoms with van der Waals surface area (Å²) in [6.07, 6.45) is 3.05. The minimum atomic E-state index is -0.468. The molecule has 0 saturated carbocycles. The Morgan fingerprint density at radius 1 is 1.09 bits per heavy atom. The lowest BCUT2D eigenvalue weighted by Gasteiger charge is -2.11. The molecule has 2 aromatic carbocycles. The molecule has 0 aliphatic carbocycles. The van der Waals surface area contributed by atoms with Crippen LogP contribution in [0.15, 0.2) is 69.1 Å². The molecule has 0 radical (unpaired) electrons. The maximum atomic E-state index is 12.3. The molecular weight excluding hydrogens is 292 g/mol. The fourth-order valence-electron chi connectivity index (χ4n) is 2.43. The van der Waals surface area contributed by atoms with Gasteiger partial charge in [-0.15, -0.1) is 0 Å². The zero-order valence-electron chi connectivity index (χ0n) is 11.9. The van der Waals surface area contributed by atoms with Gasteiger partial charge >= 0.3 is 0 Å². The molecule has 0 bridgehead atoms. The fraction of sp³-hybridized carbons (Fsp3) is 0. The van der Waals surface area contributed by atoms with Crippen LogP contribution >= 0.6 is 0 Å². The zero-order chi connectivity index (χ0) is 15.8. The third kappa shape index (κ3) is 2.36. The monoisotopic (exact) mass is 302 g/mol. The summed E-state index contributed by atoms with van der Waals surface area (Å²) in [7, 11) is 0. The number of hydrogen-bond donors (Lipinski definition) is 1. The van der Waals surface area contributed by atoms with E-state index in [4.69, 9.17) is 0 Å². The molecule has 4 rings (SSSR count). The summed E-state index contributed by atoms with van der Waals surface area (Å²) in [5.74, 6) is -0.597. The smallest absolute Gasteiger partial charge is 0.280 e. The first-order chi connectivity index (χ1) is 11.2. The molecule has 0 spiro atoms. The van der Waals surface area contributed by atoms with Gasteiger partial charge in [0.05, 0.1) is 5.57 Å². The normalized spacial score (nSPS) is 17.7. The molecule has 110 valence electrons. The van der Waals surface area contributed by atoms with Crippen LogP contribution < -0.4 is 5.32 Å². The van der Waals surface area contributed by atoms with Crippen molar-refractivity contribution in [2.24, 2.45) is 15.0 Å². The summed E-state index contributed by atoms with van der Waals surface area (Å²) < 4.78 is 0. The van der Waals surface area contributed by atoms with Crippen LogP contribution in [0.4, 0.5) is 0 Å². The summed E-state index contributed by atoms with van der Waals surface area (Å²) in [5.41, 5.74) is 0.809. The van der Waals surface area contributed by atoms with Crippen LogP contribution in [0.2, 0.25) is 0 Å². The molecule has 0 saturated heterocycles. The van der Waals surface area contributed by atoms with Gasteiger partial charge in [0.1, 0.15) is 0 Å². The Hall–Kier alpha value is -3.41. The Balaban J connectivity index is 1.69. The maximum absolute atomic E-state index is 12.3. The number of benzene rings is 2. The van der Waals surface area contributed by atoms with E-state index < -0.39 is 5.91 Å². The van der Waals surface area contributed by atoms with Gasteiger partial charge in [0, 0.05) is 11.8 Å². The van der Waals surface area contributed by atoms with Gasteiger partial charge in [-0.1, -0.05) is 30.3 Å². The molecule has 0 atom stereocenters. The average Bonchev–Trinajstić information content (AvgIpc) is 3.03. The number of nitrogens with one attached hydrogen (secondary N) is 1. The standard InChI is InChI=1S/C17H10N4O2/c22-15(12-6-5-10-3-1-2-4-11(10)9-12)20-17-19-14-13(7-8-18-14)16(23)21-17/h1-9H,(H,20,21,22,23). The van der Waals surface area contributed by atoms with Crippen molar-refractivity contribution < 1.29 is 9.59 Å². The van der Waals surface area contributed by atoms with E-state index in [9.17, 15) is 9.59 Å². The highest BCUT2D eigenvalue weighted by Crippen LogP contribution is 2.17. The summed E-state index contributed by atoms with van der Waals surface area (Å²) in [5, 5.41) is 4.47. The Kier molecular flexibility index (Phi) is 2.94. The number of carbonyl (C=O) groups is 2. The van der Waals surface area contributed by atoms with E-state index >= 15 is 0 Å². The quantitative estimate of drug-likeness (QED) is 0.872. The van der Waals surface area contributed by atoms with Crippen LogP contribution in [0.25, 0.3) is 10.8 Å². The molecule has 6 nitrogen and oxygen atoms in total. The molecule has 0 fully saturated rings. The lowest BCUT2D eigenvalue weighted by molar-refractivity contribution is -0.115. The van der Waals surface area contributed by atoms with Crippen molar-refractivity contribution in [2.75, 3.05) is 0 Å².